The van der Waals surface area contributed by atoms with Gasteiger partial charge in [0.05, 0.1) is 11.4 Å². The lowest BCUT2D eigenvalue weighted by atomic mass is 9.96. The normalized spacial score (nSPS) is 16.0. The molecule has 4 N–H and O–H groups in total. The number of nitrogens with one attached hydrogen (secondary N) is 2. The van der Waals surface area contributed by atoms with Crippen LogP contribution in [0.15, 0.2) is 0 Å². The predicted octanol–water partition coefficient (Wildman–Crippen LogP) is 0.543. The van der Waals surface area contributed by atoms with Crippen molar-refractivity contribution in [2.75, 3.05) is 25.4 Å². The van der Waals surface area contributed by atoms with Crippen molar-refractivity contribution < 1.29 is 9.59 Å². The fourth-order valence-corrected chi connectivity index (χ4v) is 2.60. The monoisotopic (exact) mass is 293 g/mol. The third-order valence-electron chi connectivity index (χ3n) is 3.98. The highest BCUT2D eigenvalue weighted by atomic mass is 16.2. The molecule has 2 rings (SSSR count). The Labute approximate surface area is 124 Å². The van der Waals surface area contributed by atoms with Crippen LogP contribution in [0.25, 0.3) is 0 Å². The van der Waals surface area contributed by atoms with Gasteiger partial charge < -0.3 is 16.0 Å². The van der Waals surface area contributed by atoms with Gasteiger partial charge in [-0.2, -0.15) is 5.10 Å². The summed E-state index contributed by atoms with van der Waals surface area (Å²) < 4.78 is 0. The first-order chi connectivity index (χ1) is 10.0. The van der Waals surface area contributed by atoms with Crippen molar-refractivity contribution in [1.82, 2.24) is 20.4 Å². The lowest BCUT2D eigenvalue weighted by molar-refractivity contribution is -0.119. The molecule has 1 aromatic heterocycles. The molecule has 7 heteroatoms. The maximum atomic E-state index is 12.4. The van der Waals surface area contributed by atoms with Crippen LogP contribution in [-0.4, -0.2) is 46.5 Å². The quantitative estimate of drug-likeness (QED) is 0.753. The largest absolute Gasteiger partial charge is 0.395 e. The predicted molar refractivity (Wildman–Crippen MR) is 79.7 cm³/mol. The molecule has 2 heterocycles. The summed E-state index contributed by atoms with van der Waals surface area (Å²) >= 11 is 0. The van der Waals surface area contributed by atoms with Crippen molar-refractivity contribution in [3.05, 3.63) is 11.4 Å². The maximum absolute atomic E-state index is 12.4. The summed E-state index contributed by atoms with van der Waals surface area (Å²) in [4.78, 5) is 25.1. The zero-order valence-electron chi connectivity index (χ0n) is 12.6. The van der Waals surface area contributed by atoms with Crippen molar-refractivity contribution in [3.8, 4) is 0 Å². The number of aromatic amines is 1. The van der Waals surface area contributed by atoms with E-state index in [2.05, 4.69) is 15.5 Å². The van der Waals surface area contributed by atoms with Crippen LogP contribution in [0.3, 0.4) is 0 Å². The minimum Gasteiger partial charge on any atom is -0.395 e. The van der Waals surface area contributed by atoms with Crippen molar-refractivity contribution in [1.29, 1.82) is 0 Å². The number of rotatable bonds is 4. The molecule has 0 unspecified atom stereocenters. The van der Waals surface area contributed by atoms with Crippen molar-refractivity contribution in [2.45, 2.75) is 33.1 Å². The van der Waals surface area contributed by atoms with E-state index in [1.165, 1.54) is 6.92 Å². The SMILES string of the molecule is CCc1[nH]nc(C(=O)N2CCC(CNC(C)=O)CC2)c1N. The highest BCUT2D eigenvalue weighted by Crippen LogP contribution is 2.21. The number of nitrogen functional groups attached to an aromatic ring is 1. The molecule has 0 saturated carbocycles. The molecule has 1 aliphatic rings. The minimum absolute atomic E-state index is 0.00935. The minimum atomic E-state index is -0.110. The average Bonchev–Trinajstić information content (AvgIpc) is 2.85. The zero-order chi connectivity index (χ0) is 15.4. The van der Waals surface area contributed by atoms with Crippen LogP contribution < -0.4 is 11.1 Å². The van der Waals surface area contributed by atoms with Gasteiger partial charge in [-0.15, -0.1) is 0 Å². The molecule has 0 aromatic carbocycles. The standard InChI is InChI=1S/C14H23N5O2/c1-3-11-12(15)13(18-17-11)14(21)19-6-4-10(5-7-19)8-16-9(2)20/h10H,3-8,15H2,1-2H3,(H,16,20)(H,17,18). The van der Waals surface area contributed by atoms with Gasteiger partial charge in [0.1, 0.15) is 0 Å². The molecule has 0 atom stereocenters. The van der Waals surface area contributed by atoms with E-state index in [4.69, 9.17) is 5.73 Å². The van der Waals surface area contributed by atoms with E-state index in [1.807, 2.05) is 6.92 Å². The van der Waals surface area contributed by atoms with Crippen LogP contribution in [0.2, 0.25) is 0 Å². The molecule has 1 aromatic rings. The second kappa shape index (κ2) is 6.60. The molecule has 0 spiro atoms. The van der Waals surface area contributed by atoms with Gasteiger partial charge in [0, 0.05) is 26.6 Å². The Balaban J connectivity index is 1.91. The van der Waals surface area contributed by atoms with Crippen LogP contribution in [0.4, 0.5) is 5.69 Å². The highest BCUT2D eigenvalue weighted by molar-refractivity contribution is 5.97. The number of nitrogens with two attached hydrogens (primary N) is 1. The fourth-order valence-electron chi connectivity index (χ4n) is 2.60. The van der Waals surface area contributed by atoms with E-state index in [-0.39, 0.29) is 11.8 Å². The molecule has 1 saturated heterocycles. The Hall–Kier alpha value is -2.05. The molecule has 21 heavy (non-hydrogen) atoms. The van der Waals surface area contributed by atoms with Gasteiger partial charge in [0.2, 0.25) is 5.91 Å². The summed E-state index contributed by atoms with van der Waals surface area (Å²) in [5.41, 5.74) is 7.53. The third kappa shape index (κ3) is 3.53. The summed E-state index contributed by atoms with van der Waals surface area (Å²) in [7, 11) is 0. The van der Waals surface area contributed by atoms with Gasteiger partial charge >= 0.3 is 0 Å². The third-order valence-corrected chi connectivity index (χ3v) is 3.98. The average molecular weight is 293 g/mol. The van der Waals surface area contributed by atoms with Gasteiger partial charge in [-0.05, 0) is 25.2 Å². The summed E-state index contributed by atoms with van der Waals surface area (Å²) in [6.45, 7) is 5.52. The first-order valence-corrected chi connectivity index (χ1v) is 7.39. The van der Waals surface area contributed by atoms with E-state index >= 15 is 0 Å². The Morgan fingerprint density at radius 1 is 1.43 bits per heavy atom. The Morgan fingerprint density at radius 2 is 2.10 bits per heavy atom. The number of carbonyl (C=O) groups is 2. The zero-order valence-corrected chi connectivity index (χ0v) is 12.6. The molecule has 0 aliphatic carbocycles. The van der Waals surface area contributed by atoms with E-state index < -0.39 is 0 Å². The fraction of sp³-hybridized carbons (Fsp3) is 0.643. The van der Waals surface area contributed by atoms with Crippen molar-refractivity contribution in [2.24, 2.45) is 5.92 Å². The smallest absolute Gasteiger partial charge is 0.276 e. The highest BCUT2D eigenvalue weighted by Gasteiger charge is 2.27. The van der Waals surface area contributed by atoms with E-state index in [0.29, 0.717) is 36.9 Å². The van der Waals surface area contributed by atoms with Gasteiger partial charge in [-0.25, -0.2) is 0 Å². The number of anilines is 1. The number of aryl methyl sites for hydroxylation is 1. The molecule has 2 amide bonds. The molecule has 1 aliphatic heterocycles. The molecule has 1 fully saturated rings. The molecular weight excluding hydrogens is 270 g/mol. The number of H-pyrrole nitrogens is 1. The number of nitrogens with zero attached hydrogens (tertiary/aromatic N) is 2. The number of hydrogen-bond donors (Lipinski definition) is 3. The number of likely N-dealkylation sites (tertiary alicyclic amines) is 1. The van der Waals surface area contributed by atoms with Crippen molar-refractivity contribution in [3.63, 3.8) is 0 Å². The van der Waals surface area contributed by atoms with Gasteiger partial charge in [-0.1, -0.05) is 6.92 Å². The van der Waals surface area contributed by atoms with E-state index in [1.54, 1.807) is 4.90 Å². The van der Waals surface area contributed by atoms with Crippen LogP contribution >= 0.6 is 0 Å². The summed E-state index contributed by atoms with van der Waals surface area (Å²) in [6, 6.07) is 0. The number of hydrogen-bond acceptors (Lipinski definition) is 4. The summed E-state index contributed by atoms with van der Waals surface area (Å²) in [6.07, 6.45) is 2.50. The number of carbonyl (C=O) groups excluding carboxylic acids is 2. The summed E-state index contributed by atoms with van der Waals surface area (Å²) in [5.74, 6) is 0.312. The van der Waals surface area contributed by atoms with Crippen LogP contribution in [0, 0.1) is 5.92 Å². The van der Waals surface area contributed by atoms with Gasteiger partial charge in [0.15, 0.2) is 5.69 Å². The first kappa shape index (κ1) is 15.3. The molecule has 7 nitrogen and oxygen atoms in total. The maximum Gasteiger partial charge on any atom is 0.276 e. The van der Waals surface area contributed by atoms with Crippen LogP contribution in [0.5, 0.6) is 0 Å². The molecule has 116 valence electrons. The van der Waals surface area contributed by atoms with Gasteiger partial charge in [-0.3, -0.25) is 14.7 Å². The van der Waals surface area contributed by atoms with Crippen LogP contribution in [0.1, 0.15) is 42.9 Å². The van der Waals surface area contributed by atoms with E-state index in [9.17, 15) is 9.59 Å². The van der Waals surface area contributed by atoms with E-state index in [0.717, 1.165) is 25.0 Å². The Bertz CT molecular complexity index is 517. The first-order valence-electron chi connectivity index (χ1n) is 7.39. The van der Waals surface area contributed by atoms with Gasteiger partial charge in [0.25, 0.3) is 5.91 Å². The number of aromatic nitrogens is 2. The van der Waals surface area contributed by atoms with Crippen LogP contribution in [-0.2, 0) is 11.2 Å². The lowest BCUT2D eigenvalue weighted by Crippen LogP contribution is -2.41. The second-order valence-corrected chi connectivity index (χ2v) is 5.49. The van der Waals surface area contributed by atoms with Crippen molar-refractivity contribution >= 4 is 17.5 Å². The number of piperidine rings is 1. The second-order valence-electron chi connectivity index (χ2n) is 5.49. The topological polar surface area (TPSA) is 104 Å². The molecule has 0 radical (unpaired) electrons. The Morgan fingerprint density at radius 3 is 2.62 bits per heavy atom. The number of amides is 2. The molecular formula is C14H23N5O2. The lowest BCUT2D eigenvalue weighted by Gasteiger charge is -2.31. The Kier molecular flexibility index (Phi) is 4.82. The molecule has 0 bridgehead atoms. The summed E-state index contributed by atoms with van der Waals surface area (Å²) in [5, 5.41) is 9.69.